The first kappa shape index (κ1) is 13.0. The molecule has 0 unspecified atom stereocenters. The summed E-state index contributed by atoms with van der Waals surface area (Å²) in [6, 6.07) is 0. The fraction of sp³-hybridized carbons (Fsp3) is 0.667. The van der Waals surface area contributed by atoms with E-state index in [2.05, 4.69) is 9.40 Å². The molecule has 0 radical (unpaired) electrons. The summed E-state index contributed by atoms with van der Waals surface area (Å²) in [5.74, 6) is -0.0107. The Balaban J connectivity index is 0.000000791. The molecule has 1 aromatic rings. The number of aromatic nitrogens is 1. The van der Waals surface area contributed by atoms with E-state index in [1.807, 2.05) is 13.8 Å². The lowest BCUT2D eigenvalue weighted by Gasteiger charge is -1.99. The summed E-state index contributed by atoms with van der Waals surface area (Å²) in [7, 11) is 0. The van der Waals surface area contributed by atoms with E-state index in [0.29, 0.717) is 6.26 Å². The number of oxazole rings is 1. The van der Waals surface area contributed by atoms with Crippen LogP contribution in [0.5, 0.6) is 0 Å². The molecule has 1 heterocycles. The van der Waals surface area contributed by atoms with Gasteiger partial charge in [-0.15, -0.1) is 0 Å². The topological polar surface area (TPSA) is 26.0 Å². The van der Waals surface area contributed by atoms with Crippen LogP contribution >= 0.6 is 0 Å². The molecule has 0 saturated heterocycles. The molecular formula is C9H14F3NO. The van der Waals surface area contributed by atoms with Gasteiger partial charge in [-0.2, -0.15) is 13.2 Å². The highest BCUT2D eigenvalue weighted by Crippen LogP contribution is 2.29. The largest absolute Gasteiger partial charge is 0.448 e. The van der Waals surface area contributed by atoms with Gasteiger partial charge in [-0.05, 0) is 0 Å². The lowest BCUT2D eigenvalue weighted by Crippen LogP contribution is -2.05. The van der Waals surface area contributed by atoms with Crippen LogP contribution in [0.3, 0.4) is 0 Å². The molecule has 0 bridgehead atoms. The van der Waals surface area contributed by atoms with E-state index in [-0.39, 0.29) is 11.8 Å². The maximum atomic E-state index is 11.9. The summed E-state index contributed by atoms with van der Waals surface area (Å²) in [4.78, 5) is 3.29. The zero-order valence-electron chi connectivity index (χ0n) is 8.64. The second kappa shape index (κ2) is 5.02. The van der Waals surface area contributed by atoms with Crippen molar-refractivity contribution in [3.8, 4) is 0 Å². The van der Waals surface area contributed by atoms with Gasteiger partial charge in [0.25, 0.3) is 0 Å². The van der Waals surface area contributed by atoms with E-state index in [0.717, 1.165) is 0 Å². The summed E-state index contributed by atoms with van der Waals surface area (Å²) in [5, 5.41) is 0. The van der Waals surface area contributed by atoms with Crippen molar-refractivity contribution in [2.75, 3.05) is 0 Å². The number of hydrogen-bond acceptors (Lipinski definition) is 2. The van der Waals surface area contributed by atoms with Crippen molar-refractivity contribution in [2.24, 2.45) is 0 Å². The van der Waals surface area contributed by atoms with E-state index in [1.165, 1.54) is 0 Å². The smallest absolute Gasteiger partial charge is 0.436 e. The van der Waals surface area contributed by atoms with Gasteiger partial charge in [0.05, 0.1) is 0 Å². The molecule has 0 aliphatic heterocycles. The highest BCUT2D eigenvalue weighted by molar-refractivity contribution is 5.02. The molecule has 1 rings (SSSR count). The molecule has 0 aromatic carbocycles. The molecule has 0 aliphatic carbocycles. The Kier molecular flexibility index (Phi) is 4.67. The zero-order valence-corrected chi connectivity index (χ0v) is 8.64. The average molecular weight is 209 g/mol. The van der Waals surface area contributed by atoms with Gasteiger partial charge in [0.15, 0.2) is 11.6 Å². The quantitative estimate of drug-likeness (QED) is 0.702. The Morgan fingerprint density at radius 1 is 1.29 bits per heavy atom. The SMILES string of the molecule is CC.CC(C)c1nc(C(F)(F)F)co1. The van der Waals surface area contributed by atoms with Gasteiger partial charge in [0, 0.05) is 5.92 Å². The fourth-order valence-corrected chi connectivity index (χ4v) is 0.683. The van der Waals surface area contributed by atoms with Crippen molar-refractivity contribution >= 4 is 0 Å². The van der Waals surface area contributed by atoms with E-state index >= 15 is 0 Å². The molecular weight excluding hydrogens is 195 g/mol. The van der Waals surface area contributed by atoms with Gasteiger partial charge in [-0.25, -0.2) is 4.98 Å². The summed E-state index contributed by atoms with van der Waals surface area (Å²) in [6.07, 6.45) is -3.77. The number of nitrogens with zero attached hydrogens (tertiary/aromatic N) is 1. The monoisotopic (exact) mass is 209 g/mol. The van der Waals surface area contributed by atoms with Crippen LogP contribution in [0.2, 0.25) is 0 Å². The minimum absolute atomic E-state index is 0.113. The number of alkyl halides is 3. The molecule has 14 heavy (non-hydrogen) atoms. The minimum Gasteiger partial charge on any atom is -0.448 e. The molecule has 0 N–H and O–H groups in total. The molecule has 0 atom stereocenters. The highest BCUT2D eigenvalue weighted by Gasteiger charge is 2.34. The van der Waals surface area contributed by atoms with Crippen molar-refractivity contribution in [1.82, 2.24) is 4.98 Å². The predicted octanol–water partition coefficient (Wildman–Crippen LogP) is 3.84. The fourth-order valence-electron chi connectivity index (χ4n) is 0.683. The van der Waals surface area contributed by atoms with E-state index in [9.17, 15) is 13.2 Å². The van der Waals surface area contributed by atoms with Crippen molar-refractivity contribution in [3.05, 3.63) is 17.8 Å². The summed E-state index contributed by atoms with van der Waals surface area (Å²) in [6.45, 7) is 7.43. The molecule has 1 aromatic heterocycles. The first-order valence-electron chi connectivity index (χ1n) is 4.44. The van der Waals surface area contributed by atoms with Crippen LogP contribution in [-0.2, 0) is 6.18 Å². The first-order valence-corrected chi connectivity index (χ1v) is 4.44. The van der Waals surface area contributed by atoms with Gasteiger partial charge in [-0.1, -0.05) is 27.7 Å². The third-order valence-electron chi connectivity index (χ3n) is 1.31. The average Bonchev–Trinajstić information content (AvgIpc) is 2.54. The Labute approximate surface area is 81.1 Å². The Bertz CT molecular complexity index is 265. The predicted molar refractivity (Wildman–Crippen MR) is 46.9 cm³/mol. The number of halogens is 3. The number of hydrogen-bond donors (Lipinski definition) is 0. The molecule has 0 spiro atoms. The summed E-state index contributed by atoms with van der Waals surface area (Å²) >= 11 is 0. The summed E-state index contributed by atoms with van der Waals surface area (Å²) < 4.78 is 40.4. The van der Waals surface area contributed by atoms with Crippen LogP contribution in [0.25, 0.3) is 0 Å². The van der Waals surface area contributed by atoms with Crippen molar-refractivity contribution in [3.63, 3.8) is 0 Å². The van der Waals surface area contributed by atoms with Gasteiger partial charge in [0.1, 0.15) is 6.26 Å². The van der Waals surface area contributed by atoms with Crippen LogP contribution in [-0.4, -0.2) is 4.98 Å². The molecule has 0 saturated carbocycles. The van der Waals surface area contributed by atoms with E-state index in [4.69, 9.17) is 0 Å². The van der Waals surface area contributed by atoms with Crippen LogP contribution < -0.4 is 0 Å². The van der Waals surface area contributed by atoms with E-state index in [1.54, 1.807) is 13.8 Å². The minimum atomic E-state index is -4.41. The molecule has 0 amide bonds. The normalized spacial score (nSPS) is 11.1. The molecule has 2 nitrogen and oxygen atoms in total. The van der Waals surface area contributed by atoms with Crippen molar-refractivity contribution < 1.29 is 17.6 Å². The van der Waals surface area contributed by atoms with Crippen molar-refractivity contribution in [1.29, 1.82) is 0 Å². The van der Waals surface area contributed by atoms with Crippen LogP contribution in [0, 0.1) is 0 Å². The van der Waals surface area contributed by atoms with Crippen LogP contribution in [0.1, 0.15) is 45.2 Å². The third-order valence-corrected chi connectivity index (χ3v) is 1.31. The maximum absolute atomic E-state index is 11.9. The lowest BCUT2D eigenvalue weighted by molar-refractivity contribution is -0.141. The Morgan fingerprint density at radius 2 is 1.79 bits per heavy atom. The van der Waals surface area contributed by atoms with Crippen molar-refractivity contribution in [2.45, 2.75) is 39.8 Å². The molecule has 0 fully saturated rings. The second-order valence-electron chi connectivity index (χ2n) is 2.72. The van der Waals surface area contributed by atoms with Gasteiger partial charge in [-0.3, -0.25) is 0 Å². The second-order valence-corrected chi connectivity index (χ2v) is 2.72. The van der Waals surface area contributed by atoms with Gasteiger partial charge in [0.2, 0.25) is 0 Å². The third kappa shape index (κ3) is 3.40. The van der Waals surface area contributed by atoms with E-state index < -0.39 is 11.9 Å². The molecule has 0 aliphatic rings. The van der Waals surface area contributed by atoms with Gasteiger partial charge >= 0.3 is 6.18 Å². The molecule has 82 valence electrons. The summed E-state index contributed by atoms with van der Waals surface area (Å²) in [5.41, 5.74) is -0.966. The zero-order chi connectivity index (χ0) is 11.4. The molecule has 5 heteroatoms. The Hall–Kier alpha value is -1.00. The first-order chi connectivity index (χ1) is 6.41. The number of rotatable bonds is 1. The van der Waals surface area contributed by atoms with Crippen LogP contribution in [0.15, 0.2) is 10.7 Å². The van der Waals surface area contributed by atoms with Gasteiger partial charge < -0.3 is 4.42 Å². The highest BCUT2D eigenvalue weighted by atomic mass is 19.4. The Morgan fingerprint density at radius 3 is 2.00 bits per heavy atom. The standard InChI is InChI=1S/C7H8F3NO.C2H6/c1-4(2)6-11-5(3-12-6)7(8,9)10;1-2/h3-4H,1-2H3;1-2H3. The lowest BCUT2D eigenvalue weighted by atomic mass is 10.2. The van der Waals surface area contributed by atoms with Crippen LogP contribution in [0.4, 0.5) is 13.2 Å². The maximum Gasteiger partial charge on any atom is 0.436 e.